The van der Waals surface area contributed by atoms with Gasteiger partial charge in [0.2, 0.25) is 0 Å². The number of thioether (sulfide) groups is 1. The number of aliphatic hydroxyl groups excluding tert-OH is 1. The second kappa shape index (κ2) is 6.70. The van der Waals surface area contributed by atoms with E-state index in [2.05, 4.69) is 9.97 Å². The van der Waals surface area contributed by atoms with Gasteiger partial charge in [0.15, 0.2) is 0 Å². The molecule has 0 amide bonds. The highest BCUT2D eigenvalue weighted by Crippen LogP contribution is 2.24. The topological polar surface area (TPSA) is 83.3 Å². The zero-order valence-electron chi connectivity index (χ0n) is 10.8. The first kappa shape index (κ1) is 14.9. The van der Waals surface area contributed by atoms with Gasteiger partial charge in [-0.05, 0) is 20.3 Å². The van der Waals surface area contributed by atoms with Gasteiger partial charge in [-0.1, -0.05) is 6.92 Å². The summed E-state index contributed by atoms with van der Waals surface area (Å²) in [7, 11) is 0. The van der Waals surface area contributed by atoms with Crippen molar-refractivity contribution in [2.45, 2.75) is 44.7 Å². The molecular formula is C12H18N2O3S. The molecule has 2 N–H and O–H groups in total. The number of rotatable bonds is 6. The molecule has 100 valence electrons. The lowest BCUT2D eigenvalue weighted by atomic mass is 10.2. The summed E-state index contributed by atoms with van der Waals surface area (Å²) in [6.07, 6.45) is 0.887. The lowest BCUT2D eigenvalue weighted by Crippen LogP contribution is -2.10. The Balaban J connectivity index is 2.98. The van der Waals surface area contributed by atoms with Gasteiger partial charge in [-0.25, -0.2) is 14.8 Å². The van der Waals surface area contributed by atoms with E-state index in [9.17, 15) is 15.0 Å². The number of carboxylic acid groups (broad SMARTS) is 1. The van der Waals surface area contributed by atoms with Crippen molar-refractivity contribution < 1.29 is 15.0 Å². The Morgan fingerprint density at radius 2 is 2.11 bits per heavy atom. The summed E-state index contributed by atoms with van der Waals surface area (Å²) in [5.41, 5.74) is 0.664. The van der Waals surface area contributed by atoms with Gasteiger partial charge in [-0.3, -0.25) is 0 Å². The van der Waals surface area contributed by atoms with Crippen molar-refractivity contribution in [2.24, 2.45) is 0 Å². The molecule has 0 aliphatic rings. The number of aromatic nitrogens is 2. The van der Waals surface area contributed by atoms with Crippen LogP contribution in [-0.2, 0) is 6.42 Å². The summed E-state index contributed by atoms with van der Waals surface area (Å²) in [4.78, 5) is 19.6. The first-order valence-electron chi connectivity index (χ1n) is 5.87. The van der Waals surface area contributed by atoms with Crippen LogP contribution < -0.4 is 0 Å². The summed E-state index contributed by atoms with van der Waals surface area (Å²) in [6, 6.07) is 0. The molecule has 0 saturated heterocycles. The Hall–Kier alpha value is -1.14. The molecule has 1 aromatic heterocycles. The maximum atomic E-state index is 11.2. The van der Waals surface area contributed by atoms with E-state index in [4.69, 9.17) is 0 Å². The van der Waals surface area contributed by atoms with Gasteiger partial charge in [-0.15, -0.1) is 11.8 Å². The third-order valence-electron chi connectivity index (χ3n) is 2.41. The molecule has 0 aliphatic heterocycles. The zero-order valence-corrected chi connectivity index (χ0v) is 11.6. The van der Waals surface area contributed by atoms with Gasteiger partial charge in [0.25, 0.3) is 0 Å². The highest BCUT2D eigenvalue weighted by atomic mass is 32.2. The molecule has 6 heteroatoms. The molecule has 0 fully saturated rings. The van der Waals surface area contributed by atoms with Crippen LogP contribution in [0.3, 0.4) is 0 Å². The largest absolute Gasteiger partial charge is 0.478 e. The van der Waals surface area contributed by atoms with Crippen molar-refractivity contribution in [3.05, 3.63) is 17.1 Å². The Bertz CT molecular complexity index is 436. The van der Waals surface area contributed by atoms with Gasteiger partial charge >= 0.3 is 5.97 Å². The van der Waals surface area contributed by atoms with E-state index in [1.807, 2.05) is 6.92 Å². The molecular weight excluding hydrogens is 252 g/mol. The third-order valence-corrected chi connectivity index (χ3v) is 3.42. The molecule has 1 heterocycles. The lowest BCUT2D eigenvalue weighted by molar-refractivity contribution is 0.0690. The van der Waals surface area contributed by atoms with Crippen molar-refractivity contribution in [2.75, 3.05) is 5.75 Å². The van der Waals surface area contributed by atoms with E-state index < -0.39 is 5.97 Å². The number of carboxylic acids is 1. The number of aliphatic hydroxyl groups is 1. The Morgan fingerprint density at radius 3 is 2.61 bits per heavy atom. The van der Waals surface area contributed by atoms with Gasteiger partial charge in [-0.2, -0.15) is 0 Å². The Kier molecular flexibility index (Phi) is 5.55. The summed E-state index contributed by atoms with van der Waals surface area (Å²) >= 11 is 1.36. The SMILES string of the molecule is CCc1nc(C)c(C(=O)O)c(SCCC(C)O)n1. The third kappa shape index (κ3) is 3.96. The quantitative estimate of drug-likeness (QED) is 0.607. The lowest BCUT2D eigenvalue weighted by Gasteiger charge is -2.10. The molecule has 0 spiro atoms. The van der Waals surface area contributed by atoms with Crippen LogP contribution >= 0.6 is 11.8 Å². The van der Waals surface area contributed by atoms with Crippen LogP contribution in [0, 0.1) is 6.92 Å². The zero-order chi connectivity index (χ0) is 13.7. The molecule has 5 nitrogen and oxygen atoms in total. The minimum Gasteiger partial charge on any atom is -0.478 e. The van der Waals surface area contributed by atoms with E-state index in [0.717, 1.165) is 0 Å². The smallest absolute Gasteiger partial charge is 0.340 e. The van der Waals surface area contributed by atoms with Crippen LogP contribution in [0.25, 0.3) is 0 Å². The average Bonchev–Trinajstić information content (AvgIpc) is 2.27. The fourth-order valence-electron chi connectivity index (χ4n) is 1.44. The van der Waals surface area contributed by atoms with Crippen molar-refractivity contribution in [1.29, 1.82) is 0 Å². The second-order valence-corrected chi connectivity index (χ2v) is 5.13. The fourth-order valence-corrected chi connectivity index (χ4v) is 2.64. The van der Waals surface area contributed by atoms with Crippen LogP contribution in [0.4, 0.5) is 0 Å². The maximum absolute atomic E-state index is 11.2. The molecule has 0 radical (unpaired) electrons. The molecule has 0 bridgehead atoms. The molecule has 0 aromatic carbocycles. The van der Waals surface area contributed by atoms with Crippen molar-refractivity contribution in [3.63, 3.8) is 0 Å². The number of aromatic carboxylic acids is 1. The van der Waals surface area contributed by atoms with E-state index in [1.165, 1.54) is 11.8 Å². The van der Waals surface area contributed by atoms with E-state index >= 15 is 0 Å². The predicted octanol–water partition coefficient (Wildman–Crippen LogP) is 1.91. The van der Waals surface area contributed by atoms with Crippen LogP contribution in [0.2, 0.25) is 0 Å². The highest BCUT2D eigenvalue weighted by molar-refractivity contribution is 7.99. The first-order valence-corrected chi connectivity index (χ1v) is 6.86. The maximum Gasteiger partial charge on any atom is 0.340 e. The summed E-state index contributed by atoms with van der Waals surface area (Å²) < 4.78 is 0. The van der Waals surface area contributed by atoms with E-state index in [0.29, 0.717) is 35.1 Å². The van der Waals surface area contributed by atoms with E-state index in [-0.39, 0.29) is 11.7 Å². The summed E-state index contributed by atoms with van der Waals surface area (Å²) in [5, 5.41) is 18.9. The van der Waals surface area contributed by atoms with Gasteiger partial charge in [0, 0.05) is 12.2 Å². The summed E-state index contributed by atoms with van der Waals surface area (Å²) in [6.45, 7) is 5.32. The number of hydrogen-bond donors (Lipinski definition) is 2. The van der Waals surface area contributed by atoms with Crippen LogP contribution in [-0.4, -0.2) is 38.0 Å². The van der Waals surface area contributed by atoms with Gasteiger partial charge in [0.05, 0.1) is 11.8 Å². The second-order valence-electron chi connectivity index (χ2n) is 4.05. The minimum absolute atomic E-state index is 0.169. The molecule has 0 saturated carbocycles. The van der Waals surface area contributed by atoms with E-state index in [1.54, 1.807) is 13.8 Å². The highest BCUT2D eigenvalue weighted by Gasteiger charge is 2.17. The number of carbonyl (C=O) groups is 1. The average molecular weight is 270 g/mol. The van der Waals surface area contributed by atoms with Crippen LogP contribution in [0.1, 0.15) is 42.1 Å². The molecule has 18 heavy (non-hydrogen) atoms. The fraction of sp³-hybridized carbons (Fsp3) is 0.583. The number of aryl methyl sites for hydroxylation is 2. The molecule has 0 aliphatic carbocycles. The molecule has 1 atom stereocenters. The molecule has 1 rings (SSSR count). The number of hydrogen-bond acceptors (Lipinski definition) is 5. The molecule has 1 aromatic rings. The van der Waals surface area contributed by atoms with Crippen molar-refractivity contribution >= 4 is 17.7 Å². The molecule has 1 unspecified atom stereocenters. The van der Waals surface area contributed by atoms with Crippen LogP contribution in [0.5, 0.6) is 0 Å². The van der Waals surface area contributed by atoms with Crippen molar-refractivity contribution in [3.8, 4) is 0 Å². The minimum atomic E-state index is -1.00. The monoisotopic (exact) mass is 270 g/mol. The van der Waals surface area contributed by atoms with Gasteiger partial charge < -0.3 is 10.2 Å². The van der Waals surface area contributed by atoms with Crippen LogP contribution in [0.15, 0.2) is 5.03 Å². The number of nitrogens with zero attached hydrogens (tertiary/aromatic N) is 2. The summed E-state index contributed by atoms with van der Waals surface area (Å²) in [5.74, 6) is 0.282. The standard InChI is InChI=1S/C12H18N2O3S/c1-4-9-13-8(3)10(12(16)17)11(14-9)18-6-5-7(2)15/h7,15H,4-6H2,1-3H3,(H,16,17). The van der Waals surface area contributed by atoms with Crippen molar-refractivity contribution in [1.82, 2.24) is 9.97 Å². The predicted molar refractivity (Wildman–Crippen MR) is 70.1 cm³/mol. The normalized spacial score (nSPS) is 12.4. The Labute approximate surface area is 111 Å². The van der Waals surface area contributed by atoms with Gasteiger partial charge in [0.1, 0.15) is 16.4 Å². The Morgan fingerprint density at radius 1 is 1.44 bits per heavy atom. The first-order chi connectivity index (χ1) is 8.45.